The zero-order chi connectivity index (χ0) is 29.9. The van der Waals surface area contributed by atoms with E-state index in [9.17, 15) is 18.0 Å². The molecule has 0 unspecified atom stereocenters. The Morgan fingerprint density at radius 1 is 0.690 bits per heavy atom. The number of hydrogen-bond donors (Lipinski definition) is 0. The Morgan fingerprint density at radius 2 is 1.26 bits per heavy atom. The molecule has 0 aromatic heterocycles. The van der Waals surface area contributed by atoms with E-state index < -0.39 is 21.9 Å². The Morgan fingerprint density at radius 3 is 1.86 bits per heavy atom. The number of amides is 1. The first-order chi connectivity index (χ1) is 20.2. The fourth-order valence-electron chi connectivity index (χ4n) is 4.51. The fraction of sp³-hybridized carbons (Fsp3) is 0.118. The van der Waals surface area contributed by atoms with Crippen LogP contribution in [-0.4, -0.2) is 26.9 Å². The molecule has 7 nitrogen and oxygen atoms in total. The second kappa shape index (κ2) is 11.9. The quantitative estimate of drug-likeness (QED) is 0.144. The molecule has 5 aromatic carbocycles. The molecule has 0 radical (unpaired) electrons. The molecular formula is C34H29NO6S. The summed E-state index contributed by atoms with van der Waals surface area (Å²) in [5, 5.41) is 0.890. The van der Waals surface area contributed by atoms with Crippen LogP contribution in [-0.2, 0) is 10.0 Å². The van der Waals surface area contributed by atoms with Gasteiger partial charge in [-0.2, -0.15) is 4.31 Å². The summed E-state index contributed by atoms with van der Waals surface area (Å²) in [5.41, 5.74) is 2.64. The molecule has 0 saturated carbocycles. The second-order valence-corrected chi connectivity index (χ2v) is 11.5. The third-order valence-electron chi connectivity index (χ3n) is 6.73. The summed E-state index contributed by atoms with van der Waals surface area (Å²) in [6.07, 6.45) is 0. The van der Waals surface area contributed by atoms with Crippen LogP contribution in [0, 0.1) is 13.8 Å². The number of nitrogens with zero attached hydrogens (tertiary/aromatic N) is 1. The smallest absolute Gasteiger partial charge is 0.343 e. The maximum atomic E-state index is 14.2. The number of fused-ring (bicyclic) bond motifs is 1. The van der Waals surface area contributed by atoms with Gasteiger partial charge in [0.15, 0.2) is 0 Å². The van der Waals surface area contributed by atoms with E-state index in [1.165, 1.54) is 24.3 Å². The minimum atomic E-state index is -4.40. The average molecular weight is 580 g/mol. The van der Waals surface area contributed by atoms with Crippen molar-refractivity contribution in [1.29, 1.82) is 0 Å². The normalized spacial score (nSPS) is 11.2. The minimum Gasteiger partial charge on any atom is -0.494 e. The first-order valence-electron chi connectivity index (χ1n) is 13.4. The van der Waals surface area contributed by atoms with Crippen molar-refractivity contribution in [2.45, 2.75) is 25.7 Å². The maximum absolute atomic E-state index is 14.2. The van der Waals surface area contributed by atoms with Crippen LogP contribution in [0.3, 0.4) is 0 Å². The number of anilines is 1. The van der Waals surface area contributed by atoms with E-state index in [0.29, 0.717) is 28.7 Å². The lowest BCUT2D eigenvalue weighted by atomic mass is 10.1. The number of esters is 1. The summed E-state index contributed by atoms with van der Waals surface area (Å²) in [7, 11) is -4.40. The number of ether oxygens (including phenoxy) is 2. The largest absolute Gasteiger partial charge is 0.494 e. The van der Waals surface area contributed by atoms with Crippen LogP contribution in [0.15, 0.2) is 114 Å². The van der Waals surface area contributed by atoms with E-state index >= 15 is 0 Å². The molecule has 0 aliphatic carbocycles. The Hall–Kier alpha value is -4.95. The number of benzene rings is 5. The van der Waals surface area contributed by atoms with E-state index in [4.69, 9.17) is 9.47 Å². The summed E-state index contributed by atoms with van der Waals surface area (Å²) in [6, 6.07) is 29.5. The summed E-state index contributed by atoms with van der Waals surface area (Å²) in [6.45, 7) is 6.07. The summed E-state index contributed by atoms with van der Waals surface area (Å²) in [5.74, 6) is -0.528. The predicted octanol–water partition coefficient (Wildman–Crippen LogP) is 7.11. The van der Waals surface area contributed by atoms with Crippen LogP contribution >= 0.6 is 0 Å². The topological polar surface area (TPSA) is 90.0 Å². The van der Waals surface area contributed by atoms with Gasteiger partial charge in [-0.05, 0) is 81.4 Å². The highest BCUT2D eigenvalue weighted by Crippen LogP contribution is 2.37. The van der Waals surface area contributed by atoms with Crippen LogP contribution in [0.4, 0.5) is 5.69 Å². The first-order valence-corrected chi connectivity index (χ1v) is 14.8. The molecule has 5 aromatic rings. The lowest BCUT2D eigenvalue weighted by Crippen LogP contribution is -2.37. The number of carbonyl (C=O) groups is 2. The highest BCUT2D eigenvalue weighted by atomic mass is 32.2. The van der Waals surface area contributed by atoms with Crippen molar-refractivity contribution < 1.29 is 27.5 Å². The number of aryl methyl sites for hydroxylation is 2. The molecule has 5 rings (SSSR count). The van der Waals surface area contributed by atoms with Gasteiger partial charge in [0.05, 0.1) is 22.8 Å². The van der Waals surface area contributed by atoms with Crippen molar-refractivity contribution in [3.63, 3.8) is 0 Å². The second-order valence-electron chi connectivity index (χ2n) is 9.73. The summed E-state index contributed by atoms with van der Waals surface area (Å²) in [4.78, 5) is 26.9. The van der Waals surface area contributed by atoms with Gasteiger partial charge in [-0.3, -0.25) is 4.79 Å². The highest BCUT2D eigenvalue weighted by Gasteiger charge is 2.33. The van der Waals surface area contributed by atoms with Crippen LogP contribution in [0.5, 0.6) is 11.5 Å². The fourth-order valence-corrected chi connectivity index (χ4v) is 5.94. The molecule has 0 aliphatic heterocycles. The zero-order valence-electron chi connectivity index (χ0n) is 23.4. The van der Waals surface area contributed by atoms with Gasteiger partial charge in [-0.25, -0.2) is 13.2 Å². The number of hydrogen-bond acceptors (Lipinski definition) is 6. The first kappa shape index (κ1) is 28.6. The lowest BCUT2D eigenvalue weighted by Gasteiger charge is -2.25. The van der Waals surface area contributed by atoms with E-state index in [2.05, 4.69) is 0 Å². The molecule has 8 heteroatoms. The van der Waals surface area contributed by atoms with Gasteiger partial charge in [0, 0.05) is 16.3 Å². The molecule has 0 aliphatic rings. The van der Waals surface area contributed by atoms with Crippen molar-refractivity contribution in [2.24, 2.45) is 0 Å². The van der Waals surface area contributed by atoms with Crippen LogP contribution in [0.2, 0.25) is 0 Å². The van der Waals surface area contributed by atoms with Gasteiger partial charge in [-0.15, -0.1) is 0 Å². The molecule has 1 amide bonds. The van der Waals surface area contributed by atoms with Crippen molar-refractivity contribution in [2.75, 3.05) is 10.9 Å². The van der Waals surface area contributed by atoms with Gasteiger partial charge in [-0.1, -0.05) is 59.7 Å². The van der Waals surface area contributed by atoms with Crippen molar-refractivity contribution in [3.8, 4) is 11.5 Å². The molecule has 0 bridgehead atoms. The Balaban J connectivity index is 1.64. The molecule has 42 heavy (non-hydrogen) atoms. The Labute approximate surface area is 245 Å². The van der Waals surface area contributed by atoms with Crippen LogP contribution in [0.25, 0.3) is 10.8 Å². The number of sulfonamides is 1. The molecule has 0 fully saturated rings. The predicted molar refractivity (Wildman–Crippen MR) is 163 cm³/mol. The molecule has 0 N–H and O–H groups in total. The van der Waals surface area contributed by atoms with Gasteiger partial charge < -0.3 is 9.47 Å². The molecule has 0 atom stereocenters. The van der Waals surface area contributed by atoms with Crippen LogP contribution in [0.1, 0.15) is 38.8 Å². The Bertz CT molecular complexity index is 1860. The highest BCUT2D eigenvalue weighted by molar-refractivity contribution is 7.93. The molecule has 0 heterocycles. The maximum Gasteiger partial charge on any atom is 0.343 e. The van der Waals surface area contributed by atoms with E-state index in [1.54, 1.807) is 72.8 Å². The zero-order valence-corrected chi connectivity index (χ0v) is 24.2. The van der Waals surface area contributed by atoms with Gasteiger partial charge in [0.1, 0.15) is 11.5 Å². The van der Waals surface area contributed by atoms with E-state index in [-0.39, 0.29) is 21.9 Å². The number of rotatable bonds is 8. The van der Waals surface area contributed by atoms with E-state index in [1.807, 2.05) is 32.9 Å². The minimum absolute atomic E-state index is 0.0784. The van der Waals surface area contributed by atoms with Crippen molar-refractivity contribution >= 4 is 38.4 Å². The van der Waals surface area contributed by atoms with E-state index in [0.717, 1.165) is 15.4 Å². The Kier molecular flexibility index (Phi) is 8.08. The van der Waals surface area contributed by atoms with Gasteiger partial charge in [0.2, 0.25) is 0 Å². The third kappa shape index (κ3) is 5.75. The van der Waals surface area contributed by atoms with Crippen LogP contribution < -0.4 is 13.8 Å². The molecule has 212 valence electrons. The summed E-state index contributed by atoms with van der Waals surface area (Å²) < 4.78 is 40.4. The van der Waals surface area contributed by atoms with Gasteiger partial charge in [0.25, 0.3) is 15.9 Å². The number of carbonyl (C=O) groups excluding carboxylic acids is 2. The summed E-state index contributed by atoms with van der Waals surface area (Å²) >= 11 is 0. The average Bonchev–Trinajstić information content (AvgIpc) is 2.99. The van der Waals surface area contributed by atoms with Gasteiger partial charge >= 0.3 is 5.97 Å². The molecule has 0 spiro atoms. The monoisotopic (exact) mass is 579 g/mol. The third-order valence-corrected chi connectivity index (χ3v) is 8.44. The van der Waals surface area contributed by atoms with Crippen molar-refractivity contribution in [1.82, 2.24) is 0 Å². The molecular weight excluding hydrogens is 550 g/mol. The SMILES string of the molecule is CCOc1ccc(S(=O)(=O)N(C(=O)c2ccc(C)cc2)c2ccc(OC(=O)c3ccc(C)cc3)c3ccccc23)cc1. The standard InChI is InChI=1S/C34H29NO6S/c1-4-40-27-17-19-28(20-18-27)42(38,39)35(33(36)25-13-9-23(2)10-14-25)31-21-22-32(30-8-6-5-7-29(30)31)41-34(37)26-15-11-24(3)12-16-26/h5-22H,4H2,1-3H3. The molecule has 0 saturated heterocycles. The van der Waals surface area contributed by atoms with Crippen molar-refractivity contribution in [3.05, 3.63) is 131 Å². The lowest BCUT2D eigenvalue weighted by molar-refractivity contribution is 0.0736.